The predicted octanol–water partition coefficient (Wildman–Crippen LogP) is 3.27. The van der Waals surface area contributed by atoms with E-state index in [2.05, 4.69) is 39.4 Å². The fraction of sp³-hybridized carbons (Fsp3) is 0.318. The topological polar surface area (TPSA) is 78.1 Å². The van der Waals surface area contributed by atoms with Gasteiger partial charge in [-0.3, -0.25) is 9.59 Å². The number of nitrogens with one attached hydrogen (secondary N) is 2. The van der Waals surface area contributed by atoms with Crippen molar-refractivity contribution < 1.29 is 4.79 Å². The van der Waals surface area contributed by atoms with E-state index in [0.29, 0.717) is 36.0 Å². The van der Waals surface area contributed by atoms with Crippen LogP contribution < -0.4 is 15.8 Å². The van der Waals surface area contributed by atoms with Gasteiger partial charge in [-0.05, 0) is 55.2 Å². The van der Waals surface area contributed by atoms with Gasteiger partial charge in [0.25, 0.3) is 5.56 Å². The Morgan fingerprint density at radius 2 is 2.11 bits per heavy atom. The summed E-state index contributed by atoms with van der Waals surface area (Å²) >= 11 is 0. The van der Waals surface area contributed by atoms with E-state index in [1.54, 1.807) is 6.07 Å². The summed E-state index contributed by atoms with van der Waals surface area (Å²) in [5.41, 5.74) is 3.92. The molecule has 0 unspecified atom stereocenters. The fourth-order valence-electron chi connectivity index (χ4n) is 3.76. The number of hydrogen-bond acceptors (Lipinski definition) is 4. The van der Waals surface area contributed by atoms with Crippen LogP contribution in [0.4, 0.5) is 11.4 Å². The number of carbonyl (C=O) groups excluding carboxylic acids is 1. The van der Waals surface area contributed by atoms with Crippen molar-refractivity contribution >= 4 is 28.2 Å². The molecule has 0 saturated carbocycles. The third kappa shape index (κ3) is 3.91. The van der Waals surface area contributed by atoms with Gasteiger partial charge in [-0.1, -0.05) is 12.1 Å². The second-order valence-electron chi connectivity index (χ2n) is 7.30. The van der Waals surface area contributed by atoms with Crippen LogP contribution in [0.1, 0.15) is 30.7 Å². The van der Waals surface area contributed by atoms with E-state index in [1.807, 2.05) is 24.3 Å². The van der Waals surface area contributed by atoms with Crippen LogP contribution in [0.15, 0.2) is 47.3 Å². The Balaban J connectivity index is 1.34. The second-order valence-corrected chi connectivity index (χ2v) is 7.30. The van der Waals surface area contributed by atoms with Gasteiger partial charge in [-0.15, -0.1) is 0 Å². The lowest BCUT2D eigenvalue weighted by atomic mass is 10.0. The number of aromatic nitrogens is 2. The molecule has 1 amide bonds. The van der Waals surface area contributed by atoms with Gasteiger partial charge in [-0.25, -0.2) is 4.98 Å². The molecule has 0 spiro atoms. The van der Waals surface area contributed by atoms with Crippen molar-refractivity contribution in [2.24, 2.45) is 0 Å². The summed E-state index contributed by atoms with van der Waals surface area (Å²) in [6, 6.07) is 13.4. The molecule has 1 aliphatic heterocycles. The van der Waals surface area contributed by atoms with Crippen LogP contribution in [-0.4, -0.2) is 29.5 Å². The first kappa shape index (κ1) is 18.2. The first-order valence-corrected chi connectivity index (χ1v) is 9.72. The van der Waals surface area contributed by atoms with Crippen LogP contribution in [0.5, 0.6) is 0 Å². The maximum atomic E-state index is 12.3. The molecular weight excluding hydrogens is 352 g/mol. The number of amides is 1. The summed E-state index contributed by atoms with van der Waals surface area (Å²) in [6.45, 7) is 1.07. The van der Waals surface area contributed by atoms with Crippen LogP contribution in [0.2, 0.25) is 0 Å². The van der Waals surface area contributed by atoms with Crippen molar-refractivity contribution in [2.45, 2.75) is 32.1 Å². The van der Waals surface area contributed by atoms with Crippen LogP contribution in [0.25, 0.3) is 10.9 Å². The third-order valence-corrected chi connectivity index (χ3v) is 5.19. The number of rotatable bonds is 5. The second kappa shape index (κ2) is 7.84. The molecule has 2 N–H and O–H groups in total. The zero-order valence-corrected chi connectivity index (χ0v) is 16.0. The van der Waals surface area contributed by atoms with E-state index in [1.165, 1.54) is 11.3 Å². The van der Waals surface area contributed by atoms with Crippen LogP contribution in [0.3, 0.4) is 0 Å². The first-order valence-electron chi connectivity index (χ1n) is 9.72. The Morgan fingerprint density at radius 3 is 3.00 bits per heavy atom. The number of benzene rings is 2. The van der Waals surface area contributed by atoms with Gasteiger partial charge >= 0.3 is 0 Å². The Bertz CT molecular complexity index is 1070. The quantitative estimate of drug-likeness (QED) is 0.716. The van der Waals surface area contributed by atoms with Crippen molar-refractivity contribution in [2.75, 3.05) is 23.8 Å². The molecule has 2 heterocycles. The number of aromatic amines is 1. The van der Waals surface area contributed by atoms with Gasteiger partial charge in [0.15, 0.2) is 0 Å². The van der Waals surface area contributed by atoms with Gasteiger partial charge in [0.2, 0.25) is 5.91 Å². The number of anilines is 2. The van der Waals surface area contributed by atoms with Crippen molar-refractivity contribution in [3.05, 3.63) is 64.2 Å². The number of para-hydroxylation sites is 1. The summed E-state index contributed by atoms with van der Waals surface area (Å²) in [6.07, 6.45) is 3.75. The van der Waals surface area contributed by atoms with Crippen LogP contribution in [-0.2, 0) is 17.6 Å². The highest BCUT2D eigenvalue weighted by Gasteiger charge is 2.14. The number of aryl methyl sites for hydroxylation is 2. The van der Waals surface area contributed by atoms with Crippen molar-refractivity contribution in [3.63, 3.8) is 0 Å². The monoisotopic (exact) mass is 376 g/mol. The molecule has 0 aliphatic carbocycles. The molecule has 28 heavy (non-hydrogen) atoms. The number of fused-ring (bicyclic) bond motifs is 2. The molecule has 0 atom stereocenters. The number of H-pyrrole nitrogens is 1. The van der Waals surface area contributed by atoms with Crippen LogP contribution in [0, 0.1) is 0 Å². The smallest absolute Gasteiger partial charge is 0.258 e. The molecule has 2 aromatic carbocycles. The summed E-state index contributed by atoms with van der Waals surface area (Å²) < 4.78 is 0. The van der Waals surface area contributed by atoms with Gasteiger partial charge in [-0.2, -0.15) is 0 Å². The minimum absolute atomic E-state index is 0.0211. The van der Waals surface area contributed by atoms with E-state index in [9.17, 15) is 9.59 Å². The molecule has 1 aliphatic rings. The fourth-order valence-corrected chi connectivity index (χ4v) is 3.76. The first-order chi connectivity index (χ1) is 13.6. The largest absolute Gasteiger partial charge is 0.374 e. The Labute approximate surface area is 163 Å². The minimum atomic E-state index is -0.135. The molecule has 0 bridgehead atoms. The average molecular weight is 376 g/mol. The highest BCUT2D eigenvalue weighted by molar-refractivity contribution is 5.91. The molecule has 144 valence electrons. The van der Waals surface area contributed by atoms with Gasteiger partial charge < -0.3 is 15.2 Å². The summed E-state index contributed by atoms with van der Waals surface area (Å²) in [7, 11) is 2.10. The van der Waals surface area contributed by atoms with E-state index < -0.39 is 0 Å². The molecule has 4 rings (SSSR count). The normalized spacial score (nSPS) is 13.4. The van der Waals surface area contributed by atoms with E-state index in [4.69, 9.17) is 0 Å². The Kier molecular flexibility index (Phi) is 5.10. The summed E-state index contributed by atoms with van der Waals surface area (Å²) in [4.78, 5) is 33.9. The highest BCUT2D eigenvalue weighted by atomic mass is 16.1. The molecule has 6 nitrogen and oxygen atoms in total. The van der Waals surface area contributed by atoms with Crippen LogP contribution >= 0.6 is 0 Å². The number of carbonyl (C=O) groups is 1. The Morgan fingerprint density at radius 1 is 1.25 bits per heavy atom. The molecule has 0 saturated heterocycles. The van der Waals surface area contributed by atoms with Gasteiger partial charge in [0.05, 0.1) is 10.9 Å². The number of hydrogen-bond donors (Lipinski definition) is 2. The van der Waals surface area contributed by atoms with Gasteiger partial charge in [0, 0.05) is 37.8 Å². The number of nitrogens with zero attached hydrogens (tertiary/aromatic N) is 2. The lowest BCUT2D eigenvalue weighted by Gasteiger charge is -2.27. The molecule has 0 radical (unpaired) electrons. The van der Waals surface area contributed by atoms with Gasteiger partial charge in [0.1, 0.15) is 5.82 Å². The summed E-state index contributed by atoms with van der Waals surface area (Å²) in [5.74, 6) is 0.598. The highest BCUT2D eigenvalue weighted by Crippen LogP contribution is 2.28. The molecular formula is C22H24N4O2. The average Bonchev–Trinajstić information content (AvgIpc) is 2.68. The van der Waals surface area contributed by atoms with E-state index in [0.717, 1.165) is 25.1 Å². The predicted molar refractivity (Wildman–Crippen MR) is 112 cm³/mol. The zero-order valence-electron chi connectivity index (χ0n) is 16.0. The minimum Gasteiger partial charge on any atom is -0.374 e. The van der Waals surface area contributed by atoms with E-state index >= 15 is 0 Å². The lowest BCUT2D eigenvalue weighted by molar-refractivity contribution is -0.116. The standard InChI is InChI=1S/C22H24N4O2/c1-26-13-5-6-15-14-16(11-12-19(15)26)23-21(27)10-4-9-20-24-18-8-3-2-7-17(18)22(28)25-20/h2-3,7-8,11-12,14H,4-6,9-10,13H2,1H3,(H,23,27)(H,24,25,28). The maximum Gasteiger partial charge on any atom is 0.258 e. The SMILES string of the molecule is CN1CCCc2cc(NC(=O)CCCc3nc4ccccc4c(=O)[nH]3)ccc21. The molecule has 3 aromatic rings. The van der Waals surface area contributed by atoms with Crippen molar-refractivity contribution in [3.8, 4) is 0 Å². The molecule has 1 aromatic heterocycles. The van der Waals surface area contributed by atoms with E-state index in [-0.39, 0.29) is 11.5 Å². The third-order valence-electron chi connectivity index (χ3n) is 5.19. The Hall–Kier alpha value is -3.15. The maximum absolute atomic E-state index is 12.3. The molecule has 0 fully saturated rings. The zero-order chi connectivity index (χ0) is 19.5. The van der Waals surface area contributed by atoms with Crippen molar-refractivity contribution in [1.82, 2.24) is 9.97 Å². The van der Waals surface area contributed by atoms with Crippen molar-refractivity contribution in [1.29, 1.82) is 0 Å². The summed E-state index contributed by atoms with van der Waals surface area (Å²) in [5, 5.41) is 3.57. The molecule has 6 heteroatoms. The lowest BCUT2D eigenvalue weighted by Crippen LogP contribution is -2.24.